The zero-order valence-corrected chi connectivity index (χ0v) is 9.13. The van der Waals surface area contributed by atoms with Gasteiger partial charge in [0.1, 0.15) is 0 Å². The van der Waals surface area contributed by atoms with Gasteiger partial charge < -0.3 is 15.5 Å². The number of aliphatic hydroxyl groups excluding tert-OH is 1. The molecule has 17 heavy (non-hydrogen) atoms. The molecule has 1 rings (SSSR count). The average molecular weight is 256 g/mol. The van der Waals surface area contributed by atoms with Crippen LogP contribution in [0.1, 0.15) is 6.42 Å². The summed E-state index contributed by atoms with van der Waals surface area (Å²) in [6, 6.07) is 0. The van der Waals surface area contributed by atoms with E-state index in [-0.39, 0.29) is 26.1 Å². The van der Waals surface area contributed by atoms with Crippen molar-refractivity contribution in [2.24, 2.45) is 0 Å². The molecule has 1 saturated heterocycles. The van der Waals surface area contributed by atoms with Crippen LogP contribution in [0.5, 0.6) is 0 Å². The molecule has 5 nitrogen and oxygen atoms in total. The molecule has 1 aliphatic heterocycles. The summed E-state index contributed by atoms with van der Waals surface area (Å²) in [7, 11) is 0. The number of alkyl halides is 3. The fourth-order valence-corrected chi connectivity index (χ4v) is 1.98. The summed E-state index contributed by atoms with van der Waals surface area (Å²) < 4.78 is 37.1. The van der Waals surface area contributed by atoms with E-state index >= 15 is 0 Å². The van der Waals surface area contributed by atoms with Gasteiger partial charge in [0.15, 0.2) is 0 Å². The highest BCUT2D eigenvalue weighted by atomic mass is 19.4. The lowest BCUT2D eigenvalue weighted by Crippen LogP contribution is -2.71. The number of halogens is 3. The number of hydrogen-bond donors (Lipinski definition) is 3. The van der Waals surface area contributed by atoms with Gasteiger partial charge in [0.2, 0.25) is 0 Å². The summed E-state index contributed by atoms with van der Waals surface area (Å²) in [5.74, 6) is -1.14. The fourth-order valence-electron chi connectivity index (χ4n) is 1.98. The number of aliphatic carboxylic acids is 1. The summed E-state index contributed by atoms with van der Waals surface area (Å²) in [6.07, 6.45) is -4.77. The summed E-state index contributed by atoms with van der Waals surface area (Å²) >= 11 is 0. The number of nitrogens with one attached hydrogen (secondary N) is 1. The van der Waals surface area contributed by atoms with Gasteiger partial charge in [0, 0.05) is 19.6 Å². The predicted molar refractivity (Wildman–Crippen MR) is 52.6 cm³/mol. The molecule has 8 heteroatoms. The monoisotopic (exact) mass is 256 g/mol. The molecule has 1 aliphatic rings. The van der Waals surface area contributed by atoms with Crippen LogP contribution >= 0.6 is 0 Å². The Kier molecular flexibility index (Phi) is 4.34. The van der Waals surface area contributed by atoms with Crippen molar-refractivity contribution >= 4 is 5.97 Å². The van der Waals surface area contributed by atoms with Crippen molar-refractivity contribution in [3.8, 4) is 0 Å². The van der Waals surface area contributed by atoms with E-state index < -0.39 is 30.8 Å². The number of hydrogen-bond acceptors (Lipinski definition) is 4. The number of nitrogens with zero attached hydrogens (tertiary/aromatic N) is 1. The molecule has 0 unspecified atom stereocenters. The minimum Gasteiger partial charge on any atom is -0.481 e. The van der Waals surface area contributed by atoms with Crippen LogP contribution in [-0.2, 0) is 4.79 Å². The Morgan fingerprint density at radius 2 is 2.00 bits per heavy atom. The van der Waals surface area contributed by atoms with E-state index in [1.165, 1.54) is 0 Å². The van der Waals surface area contributed by atoms with Crippen LogP contribution < -0.4 is 5.32 Å². The number of carbonyl (C=O) groups is 1. The molecule has 0 aromatic carbocycles. The molecule has 0 aromatic heterocycles. The van der Waals surface area contributed by atoms with Gasteiger partial charge in [-0.1, -0.05) is 0 Å². The molecule has 0 aromatic rings. The van der Waals surface area contributed by atoms with Crippen LogP contribution in [-0.4, -0.2) is 65.6 Å². The van der Waals surface area contributed by atoms with Crippen molar-refractivity contribution in [1.29, 1.82) is 0 Å². The van der Waals surface area contributed by atoms with Crippen molar-refractivity contribution < 1.29 is 28.2 Å². The molecule has 0 bridgehead atoms. The molecule has 1 heterocycles. The Bertz CT molecular complexity index is 279. The molecule has 0 radical (unpaired) electrons. The fraction of sp³-hybridized carbons (Fsp3) is 0.889. The molecule has 1 fully saturated rings. The van der Waals surface area contributed by atoms with Crippen molar-refractivity contribution in [1.82, 2.24) is 10.2 Å². The SMILES string of the molecule is O=C(O)CC1(N(CCO)CC(F)(F)F)CNC1. The lowest BCUT2D eigenvalue weighted by atomic mass is 9.86. The summed E-state index contributed by atoms with van der Waals surface area (Å²) in [6.45, 7) is -1.45. The van der Waals surface area contributed by atoms with E-state index in [4.69, 9.17) is 10.2 Å². The average Bonchev–Trinajstić information content (AvgIpc) is 2.08. The van der Waals surface area contributed by atoms with Crippen LogP contribution in [0, 0.1) is 0 Å². The molecule has 100 valence electrons. The number of β-amino-alcohol motifs (C(OH)–C–C–N with tert-alkyl or cyclic N) is 1. The van der Waals surface area contributed by atoms with E-state index in [1.54, 1.807) is 0 Å². The second-order valence-corrected chi connectivity index (χ2v) is 4.16. The zero-order valence-electron chi connectivity index (χ0n) is 9.13. The summed E-state index contributed by atoms with van der Waals surface area (Å²) in [4.78, 5) is 11.7. The van der Waals surface area contributed by atoms with Crippen LogP contribution in [0.2, 0.25) is 0 Å². The highest BCUT2D eigenvalue weighted by molar-refractivity contribution is 5.68. The maximum atomic E-state index is 12.4. The molecule has 0 spiro atoms. The highest BCUT2D eigenvalue weighted by Crippen LogP contribution is 2.28. The van der Waals surface area contributed by atoms with Crippen LogP contribution in [0.15, 0.2) is 0 Å². The van der Waals surface area contributed by atoms with Crippen LogP contribution in [0.3, 0.4) is 0 Å². The minimum absolute atomic E-state index is 0.186. The third-order valence-corrected chi connectivity index (χ3v) is 2.80. The Morgan fingerprint density at radius 3 is 2.29 bits per heavy atom. The van der Waals surface area contributed by atoms with Crippen LogP contribution in [0.4, 0.5) is 13.2 Å². The third-order valence-electron chi connectivity index (χ3n) is 2.80. The molecule has 0 saturated carbocycles. The van der Waals surface area contributed by atoms with Crippen molar-refractivity contribution in [2.45, 2.75) is 18.1 Å². The maximum Gasteiger partial charge on any atom is 0.401 e. The lowest BCUT2D eigenvalue weighted by molar-refractivity contribution is -0.171. The molecule has 0 amide bonds. The second-order valence-electron chi connectivity index (χ2n) is 4.16. The number of carboxylic acid groups (broad SMARTS) is 1. The Labute approximate surface area is 96.2 Å². The summed E-state index contributed by atoms with van der Waals surface area (Å²) in [5.41, 5.74) is -1.04. The van der Waals surface area contributed by atoms with Gasteiger partial charge in [-0.25, -0.2) is 0 Å². The normalized spacial score (nSPS) is 19.1. The van der Waals surface area contributed by atoms with Gasteiger partial charge in [-0.15, -0.1) is 0 Å². The largest absolute Gasteiger partial charge is 0.481 e. The first-order valence-corrected chi connectivity index (χ1v) is 5.14. The van der Waals surface area contributed by atoms with Crippen molar-refractivity contribution in [3.05, 3.63) is 0 Å². The number of rotatable bonds is 6. The van der Waals surface area contributed by atoms with Gasteiger partial charge >= 0.3 is 12.1 Å². The zero-order chi connectivity index (χ0) is 13.1. The van der Waals surface area contributed by atoms with E-state index in [9.17, 15) is 18.0 Å². The smallest absolute Gasteiger partial charge is 0.401 e. The second kappa shape index (κ2) is 5.19. The predicted octanol–water partition coefficient (Wildman–Crippen LogP) is -0.340. The molecule has 0 aliphatic carbocycles. The van der Waals surface area contributed by atoms with E-state index in [0.29, 0.717) is 0 Å². The van der Waals surface area contributed by atoms with E-state index in [0.717, 1.165) is 4.90 Å². The Morgan fingerprint density at radius 1 is 1.41 bits per heavy atom. The topological polar surface area (TPSA) is 72.8 Å². The number of carboxylic acids is 1. The third kappa shape index (κ3) is 3.83. The first-order chi connectivity index (χ1) is 7.79. The quantitative estimate of drug-likeness (QED) is 0.606. The Balaban J connectivity index is 2.75. The van der Waals surface area contributed by atoms with Crippen molar-refractivity contribution in [2.75, 3.05) is 32.8 Å². The first kappa shape index (κ1) is 14.2. The maximum absolute atomic E-state index is 12.4. The van der Waals surface area contributed by atoms with Gasteiger partial charge in [-0.3, -0.25) is 9.69 Å². The molecule has 0 atom stereocenters. The summed E-state index contributed by atoms with van der Waals surface area (Å²) in [5, 5.41) is 20.3. The van der Waals surface area contributed by atoms with E-state index in [2.05, 4.69) is 5.32 Å². The first-order valence-electron chi connectivity index (χ1n) is 5.14. The van der Waals surface area contributed by atoms with E-state index in [1.807, 2.05) is 0 Å². The standard InChI is InChI=1S/C9H15F3N2O3/c10-9(11,12)6-14(1-2-15)8(3-7(16)17)4-13-5-8/h13,15H,1-6H2,(H,16,17). The van der Waals surface area contributed by atoms with Gasteiger partial charge in [0.25, 0.3) is 0 Å². The van der Waals surface area contributed by atoms with Crippen molar-refractivity contribution in [3.63, 3.8) is 0 Å². The van der Waals surface area contributed by atoms with Gasteiger partial charge in [0.05, 0.1) is 25.1 Å². The number of aliphatic hydroxyl groups is 1. The minimum atomic E-state index is -4.41. The highest BCUT2D eigenvalue weighted by Gasteiger charge is 2.47. The van der Waals surface area contributed by atoms with Gasteiger partial charge in [-0.05, 0) is 0 Å². The molecular formula is C9H15F3N2O3. The molecule has 3 N–H and O–H groups in total. The molecular weight excluding hydrogens is 241 g/mol. The lowest BCUT2D eigenvalue weighted by Gasteiger charge is -2.50. The Hall–Kier alpha value is -0.860. The van der Waals surface area contributed by atoms with Gasteiger partial charge in [-0.2, -0.15) is 13.2 Å². The van der Waals surface area contributed by atoms with Crippen LogP contribution in [0.25, 0.3) is 0 Å².